The fourth-order valence-corrected chi connectivity index (χ4v) is 2.77. The molecular formula is C16H10N2O2S. The monoisotopic (exact) mass is 294 g/mol. The van der Waals surface area contributed by atoms with Crippen LogP contribution in [-0.2, 0) is 0 Å². The number of fused-ring (bicyclic) bond motifs is 2. The topological polar surface area (TPSA) is 65.5 Å². The minimum absolute atomic E-state index is 0.0285. The minimum Gasteiger partial charge on any atom is -0.505 e. The Labute approximate surface area is 125 Å². The van der Waals surface area contributed by atoms with E-state index in [1.165, 1.54) is 0 Å². The zero-order valence-corrected chi connectivity index (χ0v) is 11.7. The number of carbonyl (C=O) groups excluding carboxylic acids is 1. The van der Waals surface area contributed by atoms with Gasteiger partial charge in [-0.1, -0.05) is 12.1 Å². The Morgan fingerprint density at radius 3 is 2.76 bits per heavy atom. The number of benzene rings is 2. The molecule has 0 spiro atoms. The number of nitrogens with one attached hydrogen (secondary N) is 1. The van der Waals surface area contributed by atoms with Gasteiger partial charge in [-0.05, 0) is 30.3 Å². The Morgan fingerprint density at radius 2 is 1.95 bits per heavy atom. The molecule has 0 saturated carbocycles. The molecule has 5 heteroatoms. The fraction of sp³-hybridized carbons (Fsp3) is 0. The third-order valence-electron chi connectivity index (χ3n) is 3.59. The number of hydrogen-bond donors (Lipinski definition) is 3. The third-order valence-corrected chi connectivity index (χ3v) is 3.87. The number of H-pyrrole nitrogens is 1. The molecule has 0 aliphatic carbocycles. The number of carbonyl (C=O) groups is 1. The first kappa shape index (κ1) is 12.2. The van der Waals surface area contributed by atoms with Crippen LogP contribution < -0.4 is 0 Å². The predicted molar refractivity (Wildman–Crippen MR) is 84.2 cm³/mol. The van der Waals surface area contributed by atoms with Crippen LogP contribution in [0.4, 0.5) is 5.69 Å². The van der Waals surface area contributed by atoms with E-state index >= 15 is 0 Å². The number of Topliss-reactive ketones (excluding diaryl/α,β-unsaturated/α-hetero) is 1. The van der Waals surface area contributed by atoms with Crippen LogP contribution in [0.5, 0.6) is 5.75 Å². The van der Waals surface area contributed by atoms with E-state index < -0.39 is 0 Å². The van der Waals surface area contributed by atoms with Gasteiger partial charge in [-0.25, -0.2) is 4.99 Å². The predicted octanol–water partition coefficient (Wildman–Crippen LogP) is 3.48. The maximum atomic E-state index is 12.4. The average molecular weight is 294 g/mol. The summed E-state index contributed by atoms with van der Waals surface area (Å²) in [6, 6.07) is 12.5. The molecule has 1 aromatic heterocycles. The lowest BCUT2D eigenvalue weighted by Gasteiger charge is -1.97. The number of aromatic hydroxyl groups is 1. The van der Waals surface area contributed by atoms with Crippen LogP contribution >= 0.6 is 12.6 Å². The van der Waals surface area contributed by atoms with E-state index in [1.807, 2.05) is 18.2 Å². The molecule has 0 atom stereocenters. The van der Waals surface area contributed by atoms with Gasteiger partial charge in [0.1, 0.15) is 11.4 Å². The molecule has 0 amide bonds. The number of nitrogens with zero attached hydrogens (tertiary/aromatic N) is 1. The zero-order chi connectivity index (χ0) is 14.6. The molecule has 2 aromatic carbocycles. The van der Waals surface area contributed by atoms with Crippen molar-refractivity contribution in [1.29, 1.82) is 0 Å². The summed E-state index contributed by atoms with van der Waals surface area (Å²) < 4.78 is 0. The number of aromatic nitrogens is 1. The molecular weight excluding hydrogens is 284 g/mol. The SMILES string of the molecule is O=C1C(c2[nH]c3ccc(S)cc3c2O)=Nc2ccccc21. The molecule has 2 heterocycles. The van der Waals surface area contributed by atoms with Gasteiger partial charge < -0.3 is 10.1 Å². The van der Waals surface area contributed by atoms with Gasteiger partial charge in [0.25, 0.3) is 0 Å². The first-order chi connectivity index (χ1) is 10.1. The van der Waals surface area contributed by atoms with Crippen LogP contribution in [-0.4, -0.2) is 21.6 Å². The number of aliphatic imine (C=N–C) groups is 1. The second-order valence-electron chi connectivity index (χ2n) is 4.89. The second-order valence-corrected chi connectivity index (χ2v) is 5.40. The number of thiol groups is 1. The summed E-state index contributed by atoms with van der Waals surface area (Å²) >= 11 is 4.26. The maximum Gasteiger partial charge on any atom is 0.215 e. The summed E-state index contributed by atoms with van der Waals surface area (Å²) in [5.41, 5.74) is 2.52. The van der Waals surface area contributed by atoms with Crippen molar-refractivity contribution in [3.05, 3.63) is 53.7 Å². The van der Waals surface area contributed by atoms with Crippen molar-refractivity contribution in [3.8, 4) is 5.75 Å². The van der Waals surface area contributed by atoms with E-state index in [2.05, 4.69) is 22.6 Å². The van der Waals surface area contributed by atoms with Gasteiger partial charge in [0, 0.05) is 21.4 Å². The molecule has 0 bridgehead atoms. The van der Waals surface area contributed by atoms with Crippen LogP contribution in [0.1, 0.15) is 16.1 Å². The smallest absolute Gasteiger partial charge is 0.215 e. The average Bonchev–Trinajstić information content (AvgIpc) is 2.98. The highest BCUT2D eigenvalue weighted by molar-refractivity contribution is 7.80. The van der Waals surface area contributed by atoms with Crippen LogP contribution in [0.25, 0.3) is 10.9 Å². The second kappa shape index (κ2) is 4.23. The van der Waals surface area contributed by atoms with Gasteiger partial charge in [-0.2, -0.15) is 0 Å². The maximum absolute atomic E-state index is 12.4. The van der Waals surface area contributed by atoms with E-state index in [0.717, 1.165) is 10.4 Å². The molecule has 0 unspecified atom stereocenters. The quantitative estimate of drug-likeness (QED) is 0.602. The Morgan fingerprint density at radius 1 is 1.14 bits per heavy atom. The van der Waals surface area contributed by atoms with Crippen molar-refractivity contribution < 1.29 is 9.90 Å². The van der Waals surface area contributed by atoms with E-state index in [4.69, 9.17) is 0 Å². The van der Waals surface area contributed by atoms with Crippen LogP contribution in [0.2, 0.25) is 0 Å². The highest BCUT2D eigenvalue weighted by atomic mass is 32.1. The highest BCUT2D eigenvalue weighted by Crippen LogP contribution is 2.35. The van der Waals surface area contributed by atoms with Crippen molar-refractivity contribution >= 4 is 40.7 Å². The lowest BCUT2D eigenvalue weighted by atomic mass is 10.1. The molecule has 4 rings (SSSR count). The summed E-state index contributed by atoms with van der Waals surface area (Å²) in [5, 5.41) is 11.0. The van der Waals surface area contributed by atoms with E-state index in [-0.39, 0.29) is 17.2 Å². The molecule has 0 saturated heterocycles. The summed E-state index contributed by atoms with van der Waals surface area (Å²) in [7, 11) is 0. The summed E-state index contributed by atoms with van der Waals surface area (Å²) in [5.74, 6) is -0.153. The highest BCUT2D eigenvalue weighted by Gasteiger charge is 2.29. The fourth-order valence-electron chi connectivity index (χ4n) is 2.57. The molecule has 3 aromatic rings. The zero-order valence-electron chi connectivity index (χ0n) is 10.8. The van der Waals surface area contributed by atoms with E-state index in [1.54, 1.807) is 24.3 Å². The standard InChI is InChI=1S/C16H10N2O2S/c19-15-9-3-1-2-4-11(9)17-13(15)14-16(20)10-7-8(21)5-6-12(10)18-14/h1-7,18,20-21H. The van der Waals surface area contributed by atoms with Crippen LogP contribution in [0.3, 0.4) is 0 Å². The van der Waals surface area contributed by atoms with Gasteiger partial charge in [-0.15, -0.1) is 12.6 Å². The van der Waals surface area contributed by atoms with E-state index in [0.29, 0.717) is 22.3 Å². The number of aromatic amines is 1. The van der Waals surface area contributed by atoms with Crippen LogP contribution in [0.15, 0.2) is 52.4 Å². The molecule has 2 N–H and O–H groups in total. The van der Waals surface area contributed by atoms with Crippen molar-refractivity contribution in [1.82, 2.24) is 4.98 Å². The molecule has 1 aliphatic rings. The largest absolute Gasteiger partial charge is 0.505 e. The van der Waals surface area contributed by atoms with Crippen molar-refractivity contribution in [2.45, 2.75) is 4.90 Å². The Kier molecular flexibility index (Phi) is 2.46. The molecule has 1 aliphatic heterocycles. The van der Waals surface area contributed by atoms with Gasteiger partial charge in [0.2, 0.25) is 5.78 Å². The van der Waals surface area contributed by atoms with Gasteiger partial charge in [0.15, 0.2) is 5.75 Å². The normalized spacial score (nSPS) is 13.6. The number of para-hydroxylation sites is 1. The first-order valence-corrected chi connectivity index (χ1v) is 6.86. The van der Waals surface area contributed by atoms with Crippen molar-refractivity contribution in [2.24, 2.45) is 4.99 Å². The molecule has 102 valence electrons. The molecule has 21 heavy (non-hydrogen) atoms. The molecule has 0 radical (unpaired) electrons. The minimum atomic E-state index is -0.182. The number of hydrogen-bond acceptors (Lipinski definition) is 4. The lowest BCUT2D eigenvalue weighted by Crippen LogP contribution is -2.11. The first-order valence-electron chi connectivity index (χ1n) is 6.41. The number of ketones is 1. The van der Waals surface area contributed by atoms with Gasteiger partial charge in [0.05, 0.1) is 5.69 Å². The van der Waals surface area contributed by atoms with Gasteiger partial charge >= 0.3 is 0 Å². The van der Waals surface area contributed by atoms with Gasteiger partial charge in [-0.3, -0.25) is 4.79 Å². The lowest BCUT2D eigenvalue weighted by molar-refractivity contribution is 0.107. The summed E-state index contributed by atoms with van der Waals surface area (Å²) in [6.45, 7) is 0. The van der Waals surface area contributed by atoms with Crippen molar-refractivity contribution in [3.63, 3.8) is 0 Å². The van der Waals surface area contributed by atoms with Crippen LogP contribution in [0, 0.1) is 0 Å². The van der Waals surface area contributed by atoms with Crippen molar-refractivity contribution in [2.75, 3.05) is 0 Å². The summed E-state index contributed by atoms with van der Waals surface area (Å²) in [4.78, 5) is 20.6. The Balaban J connectivity index is 1.93. The molecule has 4 nitrogen and oxygen atoms in total. The molecule has 0 fully saturated rings. The Hall–Kier alpha value is -2.53. The Bertz CT molecular complexity index is 941. The summed E-state index contributed by atoms with van der Waals surface area (Å²) in [6.07, 6.45) is 0. The van der Waals surface area contributed by atoms with E-state index in [9.17, 15) is 9.90 Å². The third kappa shape index (κ3) is 1.71. The number of rotatable bonds is 1.